The third-order valence-corrected chi connectivity index (χ3v) is 3.06. The minimum Gasteiger partial charge on any atom is -0.444 e. The standard InChI is InChI=1S/C13H21F2NO3/c1-9(17)13(14,15)10-6-5-7-16(8-10)11(18)19-12(2,3)4/h10H,5-8H2,1-4H3. The van der Waals surface area contributed by atoms with Crippen LogP contribution >= 0.6 is 0 Å². The van der Waals surface area contributed by atoms with Gasteiger partial charge < -0.3 is 9.64 Å². The Morgan fingerprint density at radius 1 is 1.26 bits per heavy atom. The zero-order chi connectivity index (χ0) is 14.8. The molecule has 1 aliphatic heterocycles. The Bertz CT molecular complexity index is 363. The smallest absolute Gasteiger partial charge is 0.410 e. The van der Waals surface area contributed by atoms with E-state index in [1.54, 1.807) is 20.8 Å². The Labute approximate surface area is 112 Å². The molecule has 0 aliphatic carbocycles. The van der Waals surface area contributed by atoms with Crippen LogP contribution in [0.4, 0.5) is 13.6 Å². The molecule has 1 fully saturated rings. The van der Waals surface area contributed by atoms with Gasteiger partial charge in [-0.05, 0) is 33.6 Å². The number of nitrogens with zero attached hydrogens (tertiary/aromatic N) is 1. The van der Waals surface area contributed by atoms with Crippen molar-refractivity contribution in [1.82, 2.24) is 4.90 Å². The SMILES string of the molecule is CC(=O)C(F)(F)C1CCCN(C(=O)OC(C)(C)C)C1. The maximum Gasteiger partial charge on any atom is 0.410 e. The number of carbonyl (C=O) groups excluding carboxylic acids is 2. The fraction of sp³-hybridized carbons (Fsp3) is 0.846. The van der Waals surface area contributed by atoms with Gasteiger partial charge in [-0.2, -0.15) is 8.78 Å². The quantitative estimate of drug-likeness (QED) is 0.779. The van der Waals surface area contributed by atoms with Gasteiger partial charge >= 0.3 is 12.0 Å². The summed E-state index contributed by atoms with van der Waals surface area (Å²) in [6, 6.07) is 0. The van der Waals surface area contributed by atoms with E-state index in [4.69, 9.17) is 4.74 Å². The average molecular weight is 277 g/mol. The Hall–Kier alpha value is -1.20. The number of piperidine rings is 1. The van der Waals surface area contributed by atoms with Gasteiger partial charge in [0.25, 0.3) is 0 Å². The summed E-state index contributed by atoms with van der Waals surface area (Å²) >= 11 is 0. The maximum atomic E-state index is 13.7. The van der Waals surface area contributed by atoms with Gasteiger partial charge in [-0.3, -0.25) is 4.79 Å². The van der Waals surface area contributed by atoms with Gasteiger partial charge in [-0.25, -0.2) is 4.79 Å². The van der Waals surface area contributed by atoms with E-state index in [1.807, 2.05) is 0 Å². The van der Waals surface area contributed by atoms with Crippen LogP contribution in [0.3, 0.4) is 0 Å². The highest BCUT2D eigenvalue weighted by molar-refractivity contribution is 5.83. The summed E-state index contributed by atoms with van der Waals surface area (Å²) < 4.78 is 32.5. The monoisotopic (exact) mass is 277 g/mol. The molecule has 0 aromatic heterocycles. The highest BCUT2D eigenvalue weighted by atomic mass is 19.3. The van der Waals surface area contributed by atoms with Crippen molar-refractivity contribution in [3.8, 4) is 0 Å². The van der Waals surface area contributed by atoms with E-state index in [2.05, 4.69) is 0 Å². The molecule has 4 nitrogen and oxygen atoms in total. The zero-order valence-corrected chi connectivity index (χ0v) is 11.8. The van der Waals surface area contributed by atoms with E-state index in [0.717, 1.165) is 6.92 Å². The average Bonchev–Trinajstić information content (AvgIpc) is 2.26. The summed E-state index contributed by atoms with van der Waals surface area (Å²) in [4.78, 5) is 24.1. The van der Waals surface area contributed by atoms with Crippen LogP contribution in [0.15, 0.2) is 0 Å². The first-order valence-corrected chi connectivity index (χ1v) is 6.41. The molecule has 6 heteroatoms. The molecule has 1 aliphatic rings. The summed E-state index contributed by atoms with van der Waals surface area (Å²) in [5.41, 5.74) is -0.660. The topological polar surface area (TPSA) is 46.6 Å². The van der Waals surface area contributed by atoms with Crippen LogP contribution in [0.2, 0.25) is 0 Å². The number of hydrogen-bond donors (Lipinski definition) is 0. The van der Waals surface area contributed by atoms with Crippen molar-refractivity contribution < 1.29 is 23.1 Å². The number of rotatable bonds is 2. The van der Waals surface area contributed by atoms with Crippen molar-refractivity contribution in [1.29, 1.82) is 0 Å². The molecule has 0 radical (unpaired) electrons. The van der Waals surface area contributed by atoms with Gasteiger partial charge in [0.05, 0.1) is 0 Å². The molecule has 0 spiro atoms. The molecule has 0 saturated carbocycles. The van der Waals surface area contributed by atoms with Gasteiger partial charge in [-0.1, -0.05) is 0 Å². The molecule has 1 saturated heterocycles. The summed E-state index contributed by atoms with van der Waals surface area (Å²) in [7, 11) is 0. The first kappa shape index (κ1) is 15.9. The lowest BCUT2D eigenvalue weighted by molar-refractivity contribution is -0.152. The van der Waals surface area contributed by atoms with Crippen LogP contribution in [0.25, 0.3) is 0 Å². The number of Topliss-reactive ketones (excluding diaryl/α,β-unsaturated/α-hetero) is 1. The second-order valence-corrected chi connectivity index (χ2v) is 5.94. The molecule has 0 aromatic carbocycles. The van der Waals surface area contributed by atoms with E-state index in [9.17, 15) is 18.4 Å². The zero-order valence-electron chi connectivity index (χ0n) is 11.8. The summed E-state index contributed by atoms with van der Waals surface area (Å²) in [6.07, 6.45) is 0.0927. The summed E-state index contributed by atoms with van der Waals surface area (Å²) in [6.45, 7) is 6.29. The number of amides is 1. The van der Waals surface area contributed by atoms with Crippen molar-refractivity contribution in [2.75, 3.05) is 13.1 Å². The maximum absolute atomic E-state index is 13.7. The van der Waals surface area contributed by atoms with Gasteiger partial charge in [0.15, 0.2) is 5.78 Å². The minimum atomic E-state index is -3.37. The predicted octanol–water partition coefficient (Wildman–Crippen LogP) is 2.86. The molecular formula is C13H21F2NO3. The molecule has 1 atom stereocenters. The van der Waals surface area contributed by atoms with Crippen molar-refractivity contribution in [3.63, 3.8) is 0 Å². The fourth-order valence-corrected chi connectivity index (χ4v) is 2.05. The van der Waals surface area contributed by atoms with E-state index in [-0.39, 0.29) is 13.0 Å². The second kappa shape index (κ2) is 5.43. The normalized spacial score (nSPS) is 21.2. The van der Waals surface area contributed by atoms with Crippen LogP contribution in [0, 0.1) is 5.92 Å². The first-order valence-electron chi connectivity index (χ1n) is 6.41. The van der Waals surface area contributed by atoms with Gasteiger partial charge in [-0.15, -0.1) is 0 Å². The van der Waals surface area contributed by atoms with Crippen LogP contribution < -0.4 is 0 Å². The highest BCUT2D eigenvalue weighted by Crippen LogP contribution is 2.33. The minimum absolute atomic E-state index is 0.137. The molecule has 1 heterocycles. The Kier molecular flexibility index (Phi) is 4.53. The van der Waals surface area contributed by atoms with Crippen molar-refractivity contribution in [3.05, 3.63) is 0 Å². The molecule has 0 aromatic rings. The van der Waals surface area contributed by atoms with Crippen LogP contribution in [-0.4, -0.2) is 41.4 Å². The van der Waals surface area contributed by atoms with Gasteiger partial charge in [0.2, 0.25) is 0 Å². The number of ketones is 1. The van der Waals surface area contributed by atoms with Crippen molar-refractivity contribution >= 4 is 11.9 Å². The lowest BCUT2D eigenvalue weighted by Gasteiger charge is -2.36. The van der Waals surface area contributed by atoms with E-state index in [0.29, 0.717) is 13.0 Å². The molecule has 0 N–H and O–H groups in total. The number of alkyl halides is 2. The van der Waals surface area contributed by atoms with Crippen molar-refractivity contribution in [2.24, 2.45) is 5.92 Å². The van der Waals surface area contributed by atoms with Crippen LogP contribution in [0.1, 0.15) is 40.5 Å². The number of ether oxygens (including phenoxy) is 1. The van der Waals surface area contributed by atoms with Crippen LogP contribution in [0.5, 0.6) is 0 Å². The lowest BCUT2D eigenvalue weighted by Crippen LogP contribution is -2.49. The Morgan fingerprint density at radius 3 is 2.32 bits per heavy atom. The molecular weight excluding hydrogens is 256 g/mol. The molecule has 1 amide bonds. The number of hydrogen-bond acceptors (Lipinski definition) is 3. The number of carbonyl (C=O) groups is 2. The summed E-state index contributed by atoms with van der Waals surface area (Å²) in [5, 5.41) is 0. The molecule has 1 rings (SSSR count). The molecule has 1 unspecified atom stereocenters. The second-order valence-electron chi connectivity index (χ2n) is 5.94. The Morgan fingerprint density at radius 2 is 1.84 bits per heavy atom. The molecule has 0 bridgehead atoms. The molecule has 110 valence electrons. The Balaban J connectivity index is 2.70. The van der Waals surface area contributed by atoms with Crippen LogP contribution in [-0.2, 0) is 9.53 Å². The predicted molar refractivity (Wildman–Crippen MR) is 66.2 cm³/mol. The summed E-state index contributed by atoms with van der Waals surface area (Å²) in [5.74, 6) is -5.64. The van der Waals surface area contributed by atoms with Gasteiger partial charge in [0.1, 0.15) is 5.60 Å². The highest BCUT2D eigenvalue weighted by Gasteiger charge is 2.46. The van der Waals surface area contributed by atoms with Crippen molar-refractivity contribution in [2.45, 2.75) is 52.1 Å². The molecule has 19 heavy (non-hydrogen) atoms. The lowest BCUT2D eigenvalue weighted by atomic mass is 9.90. The fourth-order valence-electron chi connectivity index (χ4n) is 2.05. The van der Waals surface area contributed by atoms with Gasteiger partial charge in [0, 0.05) is 25.9 Å². The third-order valence-electron chi connectivity index (χ3n) is 3.06. The number of halogens is 2. The van der Waals surface area contributed by atoms with E-state index in [1.165, 1.54) is 4.90 Å². The van der Waals surface area contributed by atoms with E-state index < -0.39 is 29.3 Å². The first-order chi connectivity index (χ1) is 8.54. The third kappa shape index (κ3) is 4.14. The van der Waals surface area contributed by atoms with E-state index >= 15 is 0 Å². The largest absolute Gasteiger partial charge is 0.444 e. The number of likely N-dealkylation sites (tertiary alicyclic amines) is 1.